The SMILES string of the molecule is COc1ccc([C@@H](N)[C@@H](O)C(F)(F)F)cc1Br.Cl. The van der Waals surface area contributed by atoms with Gasteiger partial charge in [-0.05, 0) is 33.6 Å². The van der Waals surface area contributed by atoms with Gasteiger partial charge in [-0.15, -0.1) is 12.4 Å². The van der Waals surface area contributed by atoms with Crippen LogP contribution in [0.25, 0.3) is 0 Å². The largest absolute Gasteiger partial charge is 0.496 e. The molecule has 3 nitrogen and oxygen atoms in total. The summed E-state index contributed by atoms with van der Waals surface area (Å²) >= 11 is 3.13. The first-order chi connectivity index (χ1) is 7.77. The van der Waals surface area contributed by atoms with Crippen LogP contribution >= 0.6 is 28.3 Å². The van der Waals surface area contributed by atoms with Crippen LogP contribution in [0.1, 0.15) is 11.6 Å². The fourth-order valence-corrected chi connectivity index (χ4v) is 1.83. The van der Waals surface area contributed by atoms with E-state index in [4.69, 9.17) is 15.6 Å². The minimum Gasteiger partial charge on any atom is -0.496 e. The summed E-state index contributed by atoms with van der Waals surface area (Å²) in [6.45, 7) is 0. The number of rotatable bonds is 3. The monoisotopic (exact) mass is 349 g/mol. The molecule has 0 unspecified atom stereocenters. The van der Waals surface area contributed by atoms with Gasteiger partial charge in [0.25, 0.3) is 0 Å². The molecular formula is C10H12BrClF3NO2. The zero-order valence-electron chi connectivity index (χ0n) is 9.24. The van der Waals surface area contributed by atoms with Crippen LogP contribution in [0.3, 0.4) is 0 Å². The standard InChI is InChI=1S/C10H11BrF3NO2.ClH/c1-17-7-3-2-5(4-6(7)11)8(15)9(16)10(12,13)14;/h2-4,8-9,16H,15H2,1H3;1H/t8-,9-;/m1./s1. The predicted octanol–water partition coefficient (Wildman–Crippen LogP) is 2.80. The maximum absolute atomic E-state index is 12.3. The summed E-state index contributed by atoms with van der Waals surface area (Å²) in [5.74, 6) is 0.474. The molecule has 0 aliphatic heterocycles. The van der Waals surface area contributed by atoms with E-state index in [-0.39, 0.29) is 18.0 Å². The van der Waals surface area contributed by atoms with Crippen molar-refractivity contribution < 1.29 is 23.0 Å². The lowest BCUT2D eigenvalue weighted by Crippen LogP contribution is -2.38. The van der Waals surface area contributed by atoms with Gasteiger partial charge < -0.3 is 15.6 Å². The summed E-state index contributed by atoms with van der Waals surface area (Å²) in [6, 6.07) is 2.71. The lowest BCUT2D eigenvalue weighted by molar-refractivity contribution is -0.210. The second kappa shape index (κ2) is 6.60. The van der Waals surface area contributed by atoms with Gasteiger partial charge in [0.15, 0.2) is 6.10 Å². The van der Waals surface area contributed by atoms with Gasteiger partial charge in [0, 0.05) is 0 Å². The summed E-state index contributed by atoms with van der Waals surface area (Å²) in [7, 11) is 1.43. The number of ether oxygens (including phenoxy) is 1. The van der Waals surface area contributed by atoms with Crippen LogP contribution in [0.4, 0.5) is 13.2 Å². The highest BCUT2D eigenvalue weighted by Crippen LogP contribution is 2.32. The van der Waals surface area contributed by atoms with Crippen molar-refractivity contribution in [1.29, 1.82) is 0 Å². The normalized spacial score (nSPS) is 14.6. The maximum Gasteiger partial charge on any atom is 0.416 e. The first-order valence-corrected chi connectivity index (χ1v) is 5.40. The van der Waals surface area contributed by atoms with Crippen molar-refractivity contribution in [2.24, 2.45) is 5.73 Å². The molecule has 0 heterocycles. The van der Waals surface area contributed by atoms with E-state index in [2.05, 4.69) is 15.9 Å². The van der Waals surface area contributed by atoms with E-state index in [1.807, 2.05) is 0 Å². The van der Waals surface area contributed by atoms with Gasteiger partial charge in [0.05, 0.1) is 17.6 Å². The topological polar surface area (TPSA) is 55.5 Å². The van der Waals surface area contributed by atoms with Crippen molar-refractivity contribution in [2.45, 2.75) is 18.3 Å². The van der Waals surface area contributed by atoms with Gasteiger partial charge in [0.1, 0.15) is 5.75 Å². The van der Waals surface area contributed by atoms with Crippen LogP contribution in [0.5, 0.6) is 5.75 Å². The van der Waals surface area contributed by atoms with E-state index in [9.17, 15) is 13.2 Å². The Morgan fingerprint density at radius 1 is 1.39 bits per heavy atom. The number of nitrogens with two attached hydrogens (primary N) is 1. The number of aliphatic hydroxyl groups excluding tert-OH is 1. The Balaban J connectivity index is 0.00000289. The molecular weight excluding hydrogens is 338 g/mol. The number of hydrogen-bond acceptors (Lipinski definition) is 3. The molecule has 1 rings (SSSR count). The molecule has 18 heavy (non-hydrogen) atoms. The van der Waals surface area contributed by atoms with Crippen LogP contribution in [-0.2, 0) is 0 Å². The Morgan fingerprint density at radius 2 is 1.94 bits per heavy atom. The average molecular weight is 351 g/mol. The van der Waals surface area contributed by atoms with Crippen LogP contribution < -0.4 is 10.5 Å². The molecule has 8 heteroatoms. The summed E-state index contributed by atoms with van der Waals surface area (Å²) in [5, 5.41) is 9.03. The number of alkyl halides is 3. The van der Waals surface area contributed by atoms with Gasteiger partial charge in [-0.1, -0.05) is 6.07 Å². The van der Waals surface area contributed by atoms with Crippen LogP contribution in [0.2, 0.25) is 0 Å². The molecule has 0 spiro atoms. The summed E-state index contributed by atoms with van der Waals surface area (Å²) < 4.78 is 42.2. The Bertz CT molecular complexity index is 403. The lowest BCUT2D eigenvalue weighted by Gasteiger charge is -2.22. The van der Waals surface area contributed by atoms with E-state index in [1.54, 1.807) is 0 Å². The second-order valence-electron chi connectivity index (χ2n) is 3.41. The minimum absolute atomic E-state index is 0. The Hall–Kier alpha value is -0.500. The van der Waals surface area contributed by atoms with Gasteiger partial charge >= 0.3 is 6.18 Å². The minimum atomic E-state index is -4.74. The van der Waals surface area contributed by atoms with Crippen molar-refractivity contribution in [3.05, 3.63) is 28.2 Å². The van der Waals surface area contributed by atoms with E-state index >= 15 is 0 Å². The molecule has 0 aliphatic carbocycles. The fraction of sp³-hybridized carbons (Fsp3) is 0.400. The number of halogens is 5. The smallest absolute Gasteiger partial charge is 0.416 e. The van der Waals surface area contributed by atoms with Crippen molar-refractivity contribution in [3.8, 4) is 5.75 Å². The molecule has 0 amide bonds. The molecule has 2 atom stereocenters. The Morgan fingerprint density at radius 3 is 2.33 bits per heavy atom. The lowest BCUT2D eigenvalue weighted by atomic mass is 10.0. The first-order valence-electron chi connectivity index (χ1n) is 4.61. The molecule has 1 aromatic rings. The molecule has 1 aromatic carbocycles. The van der Waals surface area contributed by atoms with Crippen LogP contribution in [-0.4, -0.2) is 24.5 Å². The molecule has 0 saturated heterocycles. The third kappa shape index (κ3) is 4.01. The maximum atomic E-state index is 12.3. The third-order valence-corrected chi connectivity index (χ3v) is 2.86. The van der Waals surface area contributed by atoms with Gasteiger partial charge in [0.2, 0.25) is 0 Å². The van der Waals surface area contributed by atoms with Crippen molar-refractivity contribution >= 4 is 28.3 Å². The van der Waals surface area contributed by atoms with E-state index < -0.39 is 18.3 Å². The number of hydrogen-bond donors (Lipinski definition) is 2. The summed E-state index contributed by atoms with van der Waals surface area (Å²) in [5.41, 5.74) is 5.52. The summed E-state index contributed by atoms with van der Waals surface area (Å²) in [6.07, 6.45) is -7.34. The van der Waals surface area contributed by atoms with Crippen molar-refractivity contribution in [2.75, 3.05) is 7.11 Å². The molecule has 0 fully saturated rings. The van der Waals surface area contributed by atoms with E-state index in [1.165, 1.54) is 25.3 Å². The fourth-order valence-electron chi connectivity index (χ4n) is 1.28. The van der Waals surface area contributed by atoms with Crippen LogP contribution in [0.15, 0.2) is 22.7 Å². The Kier molecular flexibility index (Phi) is 6.42. The van der Waals surface area contributed by atoms with Crippen molar-refractivity contribution in [1.82, 2.24) is 0 Å². The quantitative estimate of drug-likeness (QED) is 0.881. The second-order valence-corrected chi connectivity index (χ2v) is 4.26. The molecule has 0 saturated carbocycles. The number of benzene rings is 1. The number of methoxy groups -OCH3 is 1. The van der Waals surface area contributed by atoms with E-state index in [0.29, 0.717) is 10.2 Å². The van der Waals surface area contributed by atoms with E-state index in [0.717, 1.165) is 0 Å². The number of aliphatic hydroxyl groups is 1. The molecule has 0 aromatic heterocycles. The zero-order chi connectivity index (χ0) is 13.2. The average Bonchev–Trinajstić information content (AvgIpc) is 2.25. The summed E-state index contributed by atoms with van der Waals surface area (Å²) in [4.78, 5) is 0. The first kappa shape index (κ1) is 17.5. The van der Waals surface area contributed by atoms with Crippen molar-refractivity contribution in [3.63, 3.8) is 0 Å². The highest BCUT2D eigenvalue weighted by molar-refractivity contribution is 9.10. The molecule has 0 aliphatic rings. The predicted molar refractivity (Wildman–Crippen MR) is 66.9 cm³/mol. The Labute approximate surface area is 117 Å². The molecule has 104 valence electrons. The molecule has 0 bridgehead atoms. The van der Waals surface area contributed by atoms with Gasteiger partial charge in [-0.2, -0.15) is 13.2 Å². The zero-order valence-corrected chi connectivity index (χ0v) is 11.6. The highest BCUT2D eigenvalue weighted by Gasteiger charge is 2.42. The van der Waals surface area contributed by atoms with Gasteiger partial charge in [-0.3, -0.25) is 0 Å². The van der Waals surface area contributed by atoms with Crippen LogP contribution in [0, 0.1) is 0 Å². The highest BCUT2D eigenvalue weighted by atomic mass is 79.9. The van der Waals surface area contributed by atoms with Gasteiger partial charge in [-0.25, -0.2) is 0 Å². The molecule has 3 N–H and O–H groups in total. The molecule has 0 radical (unpaired) electrons. The third-order valence-electron chi connectivity index (χ3n) is 2.24.